The highest BCUT2D eigenvalue weighted by Crippen LogP contribution is 2.27. The molecule has 1 atom stereocenters. The Kier molecular flexibility index (Phi) is 6.19. The summed E-state index contributed by atoms with van der Waals surface area (Å²) in [7, 11) is 0. The molecular formula is C13H26N4. The monoisotopic (exact) mass is 238 g/mol. The molecule has 1 aromatic rings. The number of aromatic nitrogens is 3. The van der Waals surface area contributed by atoms with Crippen LogP contribution in [0, 0.1) is 5.92 Å². The smallest absolute Gasteiger partial charge is 0.0757 e. The Labute approximate surface area is 105 Å². The average Bonchev–Trinajstić information content (AvgIpc) is 2.77. The second kappa shape index (κ2) is 7.43. The van der Waals surface area contributed by atoms with Gasteiger partial charge < -0.3 is 5.73 Å². The molecular weight excluding hydrogens is 212 g/mol. The van der Waals surface area contributed by atoms with Crippen molar-refractivity contribution in [3.05, 3.63) is 11.9 Å². The molecule has 98 valence electrons. The molecule has 1 aromatic heterocycles. The van der Waals surface area contributed by atoms with Gasteiger partial charge in [0.2, 0.25) is 0 Å². The van der Waals surface area contributed by atoms with Gasteiger partial charge in [0, 0.05) is 6.54 Å². The lowest BCUT2D eigenvalue weighted by Gasteiger charge is -2.23. The van der Waals surface area contributed by atoms with E-state index in [2.05, 4.69) is 31.1 Å². The fourth-order valence-electron chi connectivity index (χ4n) is 2.40. The molecule has 0 saturated heterocycles. The van der Waals surface area contributed by atoms with Crippen LogP contribution < -0.4 is 5.73 Å². The highest BCUT2D eigenvalue weighted by Gasteiger charge is 2.21. The van der Waals surface area contributed by atoms with Crippen molar-refractivity contribution in [2.24, 2.45) is 11.7 Å². The Bertz CT molecular complexity index is 302. The van der Waals surface area contributed by atoms with Gasteiger partial charge >= 0.3 is 0 Å². The molecule has 1 heterocycles. The first-order valence-electron chi connectivity index (χ1n) is 6.88. The van der Waals surface area contributed by atoms with Gasteiger partial charge in [-0.1, -0.05) is 38.8 Å². The van der Waals surface area contributed by atoms with Gasteiger partial charge in [0.05, 0.1) is 17.9 Å². The summed E-state index contributed by atoms with van der Waals surface area (Å²) in [4.78, 5) is 0. The Morgan fingerprint density at radius 1 is 1.18 bits per heavy atom. The van der Waals surface area contributed by atoms with Gasteiger partial charge in [0.15, 0.2) is 0 Å². The fraction of sp³-hybridized carbons (Fsp3) is 0.846. The molecule has 0 fully saturated rings. The van der Waals surface area contributed by atoms with Crippen molar-refractivity contribution in [2.45, 2.75) is 65.5 Å². The summed E-state index contributed by atoms with van der Waals surface area (Å²) in [6.07, 6.45) is 7.65. The average molecular weight is 238 g/mol. The molecule has 1 unspecified atom stereocenters. The van der Waals surface area contributed by atoms with Crippen LogP contribution in [0.3, 0.4) is 0 Å². The van der Waals surface area contributed by atoms with Crippen LogP contribution in [0.1, 0.15) is 64.6 Å². The van der Waals surface area contributed by atoms with Crippen LogP contribution in [0.2, 0.25) is 0 Å². The summed E-state index contributed by atoms with van der Waals surface area (Å²) in [6, 6.07) is 0.0800. The van der Waals surface area contributed by atoms with E-state index in [-0.39, 0.29) is 6.04 Å². The second-order valence-corrected chi connectivity index (χ2v) is 4.75. The van der Waals surface area contributed by atoms with Crippen LogP contribution >= 0.6 is 0 Å². The molecule has 2 N–H and O–H groups in total. The normalized spacial score (nSPS) is 13.2. The maximum Gasteiger partial charge on any atom is 0.0757 e. The van der Waals surface area contributed by atoms with E-state index in [1.165, 1.54) is 25.7 Å². The summed E-state index contributed by atoms with van der Waals surface area (Å²) < 4.78 is 1.96. The third-order valence-electron chi connectivity index (χ3n) is 3.25. The predicted molar refractivity (Wildman–Crippen MR) is 70.5 cm³/mol. The SMILES string of the molecule is CCCC(CCC)C(N)c1cnnn1CCC. The first-order valence-corrected chi connectivity index (χ1v) is 6.88. The predicted octanol–water partition coefficient (Wildman–Crippen LogP) is 2.90. The molecule has 1 rings (SSSR count). The van der Waals surface area contributed by atoms with E-state index in [9.17, 15) is 0 Å². The molecule has 0 aromatic carbocycles. The Balaban J connectivity index is 2.76. The fourth-order valence-corrected chi connectivity index (χ4v) is 2.40. The number of rotatable bonds is 8. The molecule has 0 amide bonds. The standard InChI is InChI=1S/C13H26N4/c1-4-7-11(8-5-2)13(14)12-10-15-16-17(12)9-6-3/h10-11,13H,4-9,14H2,1-3H3. The van der Waals surface area contributed by atoms with Crippen molar-refractivity contribution >= 4 is 0 Å². The lowest BCUT2D eigenvalue weighted by molar-refractivity contribution is 0.350. The lowest BCUT2D eigenvalue weighted by Crippen LogP contribution is -2.24. The quantitative estimate of drug-likeness (QED) is 0.757. The first-order chi connectivity index (χ1) is 8.24. The largest absolute Gasteiger partial charge is 0.322 e. The van der Waals surface area contributed by atoms with Crippen LogP contribution in [-0.2, 0) is 6.54 Å². The summed E-state index contributed by atoms with van der Waals surface area (Å²) in [5, 5.41) is 8.11. The molecule has 0 radical (unpaired) electrons. The summed E-state index contributed by atoms with van der Waals surface area (Å²) in [5.41, 5.74) is 7.48. The van der Waals surface area contributed by atoms with Crippen molar-refractivity contribution in [3.8, 4) is 0 Å². The van der Waals surface area contributed by atoms with Crippen LogP contribution in [0.25, 0.3) is 0 Å². The van der Waals surface area contributed by atoms with E-state index >= 15 is 0 Å². The molecule has 0 aliphatic heterocycles. The topological polar surface area (TPSA) is 56.7 Å². The zero-order valence-corrected chi connectivity index (χ0v) is 11.4. The Hall–Kier alpha value is -0.900. The van der Waals surface area contributed by atoms with Crippen LogP contribution in [0.5, 0.6) is 0 Å². The number of hydrogen-bond acceptors (Lipinski definition) is 3. The number of nitrogens with two attached hydrogens (primary N) is 1. The van der Waals surface area contributed by atoms with E-state index in [1.54, 1.807) is 0 Å². The number of nitrogens with zero attached hydrogens (tertiary/aromatic N) is 3. The summed E-state index contributed by atoms with van der Waals surface area (Å²) >= 11 is 0. The van der Waals surface area contributed by atoms with Crippen LogP contribution in [-0.4, -0.2) is 15.0 Å². The Morgan fingerprint density at radius 3 is 2.35 bits per heavy atom. The van der Waals surface area contributed by atoms with E-state index in [4.69, 9.17) is 5.73 Å². The minimum absolute atomic E-state index is 0.0800. The van der Waals surface area contributed by atoms with E-state index in [0.717, 1.165) is 18.7 Å². The van der Waals surface area contributed by atoms with Crippen LogP contribution in [0.4, 0.5) is 0 Å². The summed E-state index contributed by atoms with van der Waals surface area (Å²) in [5.74, 6) is 0.555. The molecule has 0 bridgehead atoms. The van der Waals surface area contributed by atoms with Crippen molar-refractivity contribution in [3.63, 3.8) is 0 Å². The second-order valence-electron chi connectivity index (χ2n) is 4.75. The van der Waals surface area contributed by atoms with Gasteiger partial charge in [0.1, 0.15) is 0 Å². The molecule has 0 spiro atoms. The van der Waals surface area contributed by atoms with Gasteiger partial charge in [0.25, 0.3) is 0 Å². The van der Waals surface area contributed by atoms with Crippen molar-refractivity contribution in [2.75, 3.05) is 0 Å². The third kappa shape index (κ3) is 3.80. The lowest BCUT2D eigenvalue weighted by atomic mass is 9.89. The zero-order valence-electron chi connectivity index (χ0n) is 11.4. The van der Waals surface area contributed by atoms with E-state index < -0.39 is 0 Å². The highest BCUT2D eigenvalue weighted by molar-refractivity contribution is 5.03. The van der Waals surface area contributed by atoms with E-state index in [1.807, 2.05) is 10.9 Å². The maximum absolute atomic E-state index is 6.39. The Morgan fingerprint density at radius 2 is 1.82 bits per heavy atom. The van der Waals surface area contributed by atoms with Gasteiger partial charge in [-0.05, 0) is 25.2 Å². The van der Waals surface area contributed by atoms with Crippen molar-refractivity contribution in [1.82, 2.24) is 15.0 Å². The minimum Gasteiger partial charge on any atom is -0.322 e. The van der Waals surface area contributed by atoms with Gasteiger partial charge in [-0.2, -0.15) is 0 Å². The van der Waals surface area contributed by atoms with Gasteiger partial charge in [-0.15, -0.1) is 5.10 Å². The number of hydrogen-bond donors (Lipinski definition) is 1. The molecule has 0 aliphatic rings. The summed E-state index contributed by atoms with van der Waals surface area (Å²) in [6.45, 7) is 7.49. The third-order valence-corrected chi connectivity index (χ3v) is 3.25. The molecule has 0 aliphatic carbocycles. The molecule has 0 saturated carbocycles. The van der Waals surface area contributed by atoms with Crippen LogP contribution in [0.15, 0.2) is 6.20 Å². The first kappa shape index (κ1) is 14.2. The zero-order chi connectivity index (χ0) is 12.7. The van der Waals surface area contributed by atoms with Crippen molar-refractivity contribution in [1.29, 1.82) is 0 Å². The van der Waals surface area contributed by atoms with Crippen molar-refractivity contribution < 1.29 is 0 Å². The molecule has 4 nitrogen and oxygen atoms in total. The maximum atomic E-state index is 6.39. The minimum atomic E-state index is 0.0800. The van der Waals surface area contributed by atoms with Gasteiger partial charge in [-0.25, -0.2) is 4.68 Å². The highest BCUT2D eigenvalue weighted by atomic mass is 15.4. The van der Waals surface area contributed by atoms with Gasteiger partial charge in [-0.3, -0.25) is 0 Å². The molecule has 17 heavy (non-hydrogen) atoms. The molecule has 4 heteroatoms. The number of aryl methyl sites for hydroxylation is 1. The van der Waals surface area contributed by atoms with E-state index in [0.29, 0.717) is 5.92 Å².